The van der Waals surface area contributed by atoms with Gasteiger partial charge in [-0.25, -0.2) is 0 Å². The average molecular weight is 285 g/mol. The van der Waals surface area contributed by atoms with Crippen molar-refractivity contribution in [3.63, 3.8) is 0 Å². The molecule has 0 rings (SSSR count). The molecule has 0 fully saturated rings. The summed E-state index contributed by atoms with van der Waals surface area (Å²) in [5.74, 6) is -1.51. The van der Waals surface area contributed by atoms with Crippen molar-refractivity contribution in [2.45, 2.75) is 53.5 Å². The van der Waals surface area contributed by atoms with E-state index in [0.29, 0.717) is 6.54 Å². The van der Waals surface area contributed by atoms with E-state index in [9.17, 15) is 14.4 Å². The molecular formula is C14H27N3O3. The Labute approximate surface area is 121 Å². The standard InChI is InChI=1S/C14H27N3O3/c1-10(18)15-7-8-16-11(19)12(20)17-14(5,6)9-13(2,3)4/h7-9H2,1-6H3,(H,15,18)(H,16,19)(H,17,20). The molecule has 20 heavy (non-hydrogen) atoms. The minimum atomic E-state index is -0.683. The van der Waals surface area contributed by atoms with Crippen LogP contribution in [0.4, 0.5) is 0 Å². The fourth-order valence-corrected chi connectivity index (χ4v) is 2.23. The Morgan fingerprint density at radius 2 is 1.35 bits per heavy atom. The molecule has 0 aliphatic carbocycles. The van der Waals surface area contributed by atoms with E-state index < -0.39 is 17.4 Å². The molecule has 0 radical (unpaired) electrons. The average Bonchev–Trinajstić information content (AvgIpc) is 2.19. The maximum atomic E-state index is 11.8. The summed E-state index contributed by atoms with van der Waals surface area (Å²) >= 11 is 0. The molecule has 3 N–H and O–H groups in total. The second kappa shape index (κ2) is 7.26. The number of hydrogen-bond donors (Lipinski definition) is 3. The first-order valence-corrected chi connectivity index (χ1v) is 6.78. The van der Waals surface area contributed by atoms with Gasteiger partial charge < -0.3 is 16.0 Å². The van der Waals surface area contributed by atoms with Gasteiger partial charge in [-0.1, -0.05) is 20.8 Å². The minimum absolute atomic E-state index is 0.0542. The van der Waals surface area contributed by atoms with E-state index in [1.807, 2.05) is 13.8 Å². The van der Waals surface area contributed by atoms with Gasteiger partial charge in [0.2, 0.25) is 5.91 Å². The van der Waals surface area contributed by atoms with E-state index in [4.69, 9.17) is 0 Å². The van der Waals surface area contributed by atoms with Gasteiger partial charge in [-0.3, -0.25) is 14.4 Å². The molecule has 6 nitrogen and oxygen atoms in total. The van der Waals surface area contributed by atoms with Gasteiger partial charge in [0.1, 0.15) is 0 Å². The summed E-state index contributed by atoms with van der Waals surface area (Å²) in [7, 11) is 0. The first-order valence-electron chi connectivity index (χ1n) is 6.78. The third-order valence-electron chi connectivity index (χ3n) is 2.41. The summed E-state index contributed by atoms with van der Waals surface area (Å²) in [5.41, 5.74) is -0.400. The van der Waals surface area contributed by atoms with Crippen molar-refractivity contribution in [1.29, 1.82) is 0 Å². The van der Waals surface area contributed by atoms with E-state index in [1.165, 1.54) is 6.92 Å². The minimum Gasteiger partial charge on any atom is -0.355 e. The Kier molecular flexibility index (Phi) is 6.68. The molecule has 0 aromatic rings. The van der Waals surface area contributed by atoms with Gasteiger partial charge in [-0.2, -0.15) is 0 Å². The Hall–Kier alpha value is -1.59. The highest BCUT2D eigenvalue weighted by atomic mass is 16.2. The molecule has 0 aliphatic heterocycles. The van der Waals surface area contributed by atoms with Gasteiger partial charge in [-0.05, 0) is 25.7 Å². The normalized spacial score (nSPS) is 11.7. The van der Waals surface area contributed by atoms with Gasteiger partial charge in [0.05, 0.1) is 0 Å². The van der Waals surface area contributed by atoms with Crippen molar-refractivity contribution in [3.05, 3.63) is 0 Å². The Balaban J connectivity index is 4.19. The molecule has 0 atom stereocenters. The van der Waals surface area contributed by atoms with E-state index in [0.717, 1.165) is 6.42 Å². The lowest BCUT2D eigenvalue weighted by Gasteiger charge is -2.33. The fourth-order valence-electron chi connectivity index (χ4n) is 2.23. The topological polar surface area (TPSA) is 87.3 Å². The maximum Gasteiger partial charge on any atom is 0.309 e. The smallest absolute Gasteiger partial charge is 0.309 e. The van der Waals surface area contributed by atoms with Crippen molar-refractivity contribution in [3.8, 4) is 0 Å². The van der Waals surface area contributed by atoms with Gasteiger partial charge in [0.25, 0.3) is 0 Å². The number of carbonyl (C=O) groups excluding carboxylic acids is 3. The van der Waals surface area contributed by atoms with Crippen LogP contribution in [-0.4, -0.2) is 36.3 Å². The van der Waals surface area contributed by atoms with E-state index in [2.05, 4.69) is 36.7 Å². The first-order chi connectivity index (χ1) is 8.93. The summed E-state index contributed by atoms with van der Waals surface area (Å²) in [6, 6.07) is 0. The largest absolute Gasteiger partial charge is 0.355 e. The summed E-state index contributed by atoms with van der Waals surface area (Å²) in [5, 5.41) is 7.72. The van der Waals surface area contributed by atoms with Crippen LogP contribution in [-0.2, 0) is 14.4 Å². The van der Waals surface area contributed by atoms with Crippen molar-refractivity contribution < 1.29 is 14.4 Å². The molecular weight excluding hydrogens is 258 g/mol. The van der Waals surface area contributed by atoms with Gasteiger partial charge in [0, 0.05) is 25.6 Å². The molecule has 0 aliphatic rings. The molecule has 0 unspecified atom stereocenters. The van der Waals surface area contributed by atoms with E-state index in [-0.39, 0.29) is 17.9 Å². The molecule has 0 saturated heterocycles. The summed E-state index contributed by atoms with van der Waals surface area (Å²) in [6.45, 7) is 11.9. The number of amides is 3. The second-order valence-electron chi connectivity index (χ2n) is 6.81. The Morgan fingerprint density at radius 1 is 0.850 bits per heavy atom. The lowest BCUT2D eigenvalue weighted by Crippen LogP contribution is -2.51. The Bertz CT molecular complexity index is 370. The van der Waals surface area contributed by atoms with Crippen LogP contribution in [0.25, 0.3) is 0 Å². The molecule has 6 heteroatoms. The molecule has 0 spiro atoms. The van der Waals surface area contributed by atoms with E-state index >= 15 is 0 Å². The zero-order chi connectivity index (χ0) is 16.0. The van der Waals surface area contributed by atoms with Crippen molar-refractivity contribution in [2.24, 2.45) is 5.41 Å². The third kappa shape index (κ3) is 9.35. The number of carbonyl (C=O) groups is 3. The zero-order valence-corrected chi connectivity index (χ0v) is 13.3. The van der Waals surface area contributed by atoms with Crippen LogP contribution in [0.15, 0.2) is 0 Å². The van der Waals surface area contributed by atoms with Crippen molar-refractivity contribution in [2.75, 3.05) is 13.1 Å². The Morgan fingerprint density at radius 3 is 1.80 bits per heavy atom. The van der Waals surface area contributed by atoms with Crippen LogP contribution in [0.5, 0.6) is 0 Å². The predicted molar refractivity (Wildman–Crippen MR) is 78.0 cm³/mol. The predicted octanol–water partition coefficient (Wildman–Crippen LogP) is 0.570. The van der Waals surface area contributed by atoms with Gasteiger partial charge >= 0.3 is 11.8 Å². The van der Waals surface area contributed by atoms with Crippen LogP contribution in [0.1, 0.15) is 48.0 Å². The van der Waals surface area contributed by atoms with Crippen LogP contribution in [0.3, 0.4) is 0 Å². The lowest BCUT2D eigenvalue weighted by molar-refractivity contribution is -0.140. The quantitative estimate of drug-likeness (QED) is 0.510. The molecule has 0 aromatic heterocycles. The van der Waals surface area contributed by atoms with Crippen molar-refractivity contribution in [1.82, 2.24) is 16.0 Å². The molecule has 0 heterocycles. The first kappa shape index (κ1) is 18.4. The summed E-state index contributed by atoms with van der Waals surface area (Å²) < 4.78 is 0. The summed E-state index contributed by atoms with van der Waals surface area (Å²) in [4.78, 5) is 34.0. The van der Waals surface area contributed by atoms with Gasteiger partial charge in [0.15, 0.2) is 0 Å². The number of hydrogen-bond acceptors (Lipinski definition) is 3. The fraction of sp³-hybridized carbons (Fsp3) is 0.786. The third-order valence-corrected chi connectivity index (χ3v) is 2.41. The molecule has 0 saturated carbocycles. The van der Waals surface area contributed by atoms with Crippen LogP contribution < -0.4 is 16.0 Å². The van der Waals surface area contributed by atoms with Crippen LogP contribution >= 0.6 is 0 Å². The number of nitrogens with one attached hydrogen (secondary N) is 3. The molecule has 3 amide bonds. The van der Waals surface area contributed by atoms with Crippen molar-refractivity contribution >= 4 is 17.7 Å². The lowest BCUT2D eigenvalue weighted by atomic mass is 9.82. The zero-order valence-electron chi connectivity index (χ0n) is 13.3. The number of rotatable bonds is 5. The highest BCUT2D eigenvalue weighted by Gasteiger charge is 2.28. The monoisotopic (exact) mass is 285 g/mol. The second-order valence-corrected chi connectivity index (χ2v) is 6.81. The molecule has 0 bridgehead atoms. The highest BCUT2D eigenvalue weighted by Crippen LogP contribution is 2.26. The SMILES string of the molecule is CC(=O)NCCNC(=O)C(=O)NC(C)(C)CC(C)(C)C. The molecule has 116 valence electrons. The summed E-state index contributed by atoms with van der Waals surface area (Å²) in [6.07, 6.45) is 0.755. The highest BCUT2D eigenvalue weighted by molar-refractivity contribution is 6.35. The van der Waals surface area contributed by atoms with Gasteiger partial charge in [-0.15, -0.1) is 0 Å². The maximum absolute atomic E-state index is 11.8. The van der Waals surface area contributed by atoms with Crippen LogP contribution in [0.2, 0.25) is 0 Å². The van der Waals surface area contributed by atoms with Crippen LogP contribution in [0, 0.1) is 5.41 Å². The molecule has 0 aromatic carbocycles. The van der Waals surface area contributed by atoms with E-state index in [1.54, 1.807) is 0 Å².